The third-order valence-corrected chi connectivity index (χ3v) is 3.01. The molecular formula is C14H23N5O2. The first-order valence-corrected chi connectivity index (χ1v) is 6.77. The van der Waals surface area contributed by atoms with Crippen molar-refractivity contribution in [1.82, 2.24) is 9.78 Å². The Bertz CT molecular complexity index is 565. The highest BCUT2D eigenvalue weighted by Crippen LogP contribution is 2.26. The van der Waals surface area contributed by atoms with Crippen LogP contribution in [0.3, 0.4) is 0 Å². The van der Waals surface area contributed by atoms with Crippen molar-refractivity contribution in [2.45, 2.75) is 51.7 Å². The van der Waals surface area contributed by atoms with E-state index in [4.69, 9.17) is 21.5 Å². The first kappa shape index (κ1) is 17.0. The maximum absolute atomic E-state index is 11.9. The van der Waals surface area contributed by atoms with Crippen LogP contribution in [0.15, 0.2) is 0 Å². The second-order valence-corrected chi connectivity index (χ2v) is 6.16. The van der Waals surface area contributed by atoms with Crippen LogP contribution < -0.4 is 11.5 Å². The van der Waals surface area contributed by atoms with Gasteiger partial charge in [0.15, 0.2) is 0 Å². The molecule has 116 valence electrons. The molecule has 0 aromatic carbocycles. The molecule has 21 heavy (non-hydrogen) atoms. The molecule has 7 heteroatoms. The summed E-state index contributed by atoms with van der Waals surface area (Å²) in [5.74, 6) is -0.326. The van der Waals surface area contributed by atoms with E-state index in [-0.39, 0.29) is 5.92 Å². The van der Waals surface area contributed by atoms with Gasteiger partial charge in [0.05, 0.1) is 5.69 Å². The molecule has 4 N–H and O–H groups in total. The predicted molar refractivity (Wildman–Crippen MR) is 79.2 cm³/mol. The molecule has 1 aromatic rings. The number of esters is 1. The molecular weight excluding hydrogens is 270 g/mol. The van der Waals surface area contributed by atoms with Crippen LogP contribution in [0.2, 0.25) is 0 Å². The molecule has 1 unspecified atom stereocenters. The summed E-state index contributed by atoms with van der Waals surface area (Å²) in [4.78, 5) is 11.9. The summed E-state index contributed by atoms with van der Waals surface area (Å²) >= 11 is 0. The van der Waals surface area contributed by atoms with Crippen molar-refractivity contribution in [2.75, 3.05) is 5.73 Å². The Balaban J connectivity index is 2.82. The van der Waals surface area contributed by atoms with Crippen molar-refractivity contribution < 1.29 is 9.53 Å². The van der Waals surface area contributed by atoms with Crippen molar-refractivity contribution in [2.24, 2.45) is 12.8 Å². The fourth-order valence-corrected chi connectivity index (χ4v) is 1.98. The Labute approximate surface area is 124 Å². The lowest BCUT2D eigenvalue weighted by molar-refractivity contribution is -0.156. The number of hydrogen-bond acceptors (Lipinski definition) is 6. The molecule has 7 nitrogen and oxygen atoms in total. The molecule has 0 bridgehead atoms. The highest BCUT2D eigenvalue weighted by Gasteiger charge is 2.27. The monoisotopic (exact) mass is 293 g/mol. The van der Waals surface area contributed by atoms with E-state index in [2.05, 4.69) is 5.10 Å². The van der Waals surface area contributed by atoms with Gasteiger partial charge in [-0.25, -0.2) is 0 Å². The van der Waals surface area contributed by atoms with Gasteiger partial charge in [-0.15, -0.1) is 0 Å². The Morgan fingerprint density at radius 2 is 2.10 bits per heavy atom. The lowest BCUT2D eigenvalue weighted by atomic mass is 9.96. The van der Waals surface area contributed by atoms with E-state index in [0.29, 0.717) is 23.5 Å². The van der Waals surface area contributed by atoms with Crippen LogP contribution in [-0.2, 0) is 16.6 Å². The van der Waals surface area contributed by atoms with Gasteiger partial charge < -0.3 is 16.2 Å². The van der Waals surface area contributed by atoms with Crippen LogP contribution in [0.5, 0.6) is 0 Å². The summed E-state index contributed by atoms with van der Waals surface area (Å²) in [5, 5.41) is 13.4. The summed E-state index contributed by atoms with van der Waals surface area (Å²) in [5.41, 5.74) is 12.0. The van der Waals surface area contributed by atoms with E-state index >= 15 is 0 Å². The molecule has 1 aromatic heterocycles. The number of carbonyl (C=O) groups is 1. The fraction of sp³-hybridized carbons (Fsp3) is 0.643. The summed E-state index contributed by atoms with van der Waals surface area (Å²) < 4.78 is 6.69. The number of nitriles is 1. The number of nitrogen functional groups attached to an aromatic ring is 1. The van der Waals surface area contributed by atoms with E-state index < -0.39 is 17.6 Å². The number of ether oxygens (including phenoxy) is 1. The fourth-order valence-electron chi connectivity index (χ4n) is 1.98. The van der Waals surface area contributed by atoms with Crippen molar-refractivity contribution >= 4 is 11.8 Å². The Hall–Kier alpha value is -2.07. The van der Waals surface area contributed by atoms with Crippen molar-refractivity contribution in [3.63, 3.8) is 0 Å². The second-order valence-electron chi connectivity index (χ2n) is 6.16. The van der Waals surface area contributed by atoms with E-state index in [1.165, 1.54) is 4.68 Å². The predicted octanol–water partition coefficient (Wildman–Crippen LogP) is 1.04. The third kappa shape index (κ3) is 4.20. The van der Waals surface area contributed by atoms with Crippen LogP contribution in [0, 0.1) is 11.3 Å². The van der Waals surface area contributed by atoms with Gasteiger partial charge in [0.25, 0.3) is 0 Å². The van der Waals surface area contributed by atoms with Gasteiger partial charge >= 0.3 is 5.97 Å². The first-order chi connectivity index (χ1) is 9.56. The topological polar surface area (TPSA) is 120 Å². The largest absolute Gasteiger partial charge is 0.459 e. The number of aromatic nitrogens is 2. The Morgan fingerprint density at radius 3 is 2.57 bits per heavy atom. The zero-order valence-electron chi connectivity index (χ0n) is 13.2. The summed E-state index contributed by atoms with van der Waals surface area (Å²) in [7, 11) is 1.67. The number of rotatable bonds is 4. The van der Waals surface area contributed by atoms with E-state index in [9.17, 15) is 4.79 Å². The van der Waals surface area contributed by atoms with Crippen LogP contribution in [0.4, 0.5) is 5.82 Å². The van der Waals surface area contributed by atoms with Crippen molar-refractivity contribution in [3.8, 4) is 6.07 Å². The lowest BCUT2D eigenvalue weighted by Gasteiger charge is -2.23. The van der Waals surface area contributed by atoms with E-state index in [0.717, 1.165) is 0 Å². The van der Waals surface area contributed by atoms with E-state index in [1.54, 1.807) is 27.8 Å². The molecule has 0 aliphatic rings. The molecule has 1 heterocycles. The van der Waals surface area contributed by atoms with Crippen LogP contribution in [-0.4, -0.2) is 27.4 Å². The highest BCUT2D eigenvalue weighted by molar-refractivity contribution is 5.76. The zero-order valence-corrected chi connectivity index (χ0v) is 13.2. The molecule has 0 saturated heterocycles. The number of anilines is 1. The van der Waals surface area contributed by atoms with Gasteiger partial charge in [0.1, 0.15) is 29.1 Å². The highest BCUT2D eigenvalue weighted by atomic mass is 16.6. The van der Waals surface area contributed by atoms with Gasteiger partial charge in [-0.2, -0.15) is 10.4 Å². The molecule has 0 saturated carbocycles. The average molecular weight is 293 g/mol. The molecule has 0 spiro atoms. The molecule has 0 radical (unpaired) electrons. The minimum atomic E-state index is -0.769. The van der Waals surface area contributed by atoms with Gasteiger partial charge in [0, 0.05) is 13.0 Å². The van der Waals surface area contributed by atoms with Gasteiger partial charge in [-0.1, -0.05) is 6.92 Å². The number of nitrogens with zero attached hydrogens (tertiary/aromatic N) is 3. The molecule has 0 aliphatic carbocycles. The Morgan fingerprint density at radius 1 is 1.52 bits per heavy atom. The van der Waals surface area contributed by atoms with Crippen LogP contribution >= 0.6 is 0 Å². The van der Waals surface area contributed by atoms with Gasteiger partial charge in [-0.3, -0.25) is 9.48 Å². The van der Waals surface area contributed by atoms with Crippen molar-refractivity contribution in [1.29, 1.82) is 5.26 Å². The molecule has 0 fully saturated rings. The maximum Gasteiger partial charge on any atom is 0.323 e. The smallest absolute Gasteiger partial charge is 0.323 e. The average Bonchev–Trinajstić information content (AvgIpc) is 2.63. The van der Waals surface area contributed by atoms with E-state index in [1.807, 2.05) is 13.0 Å². The molecule has 0 amide bonds. The van der Waals surface area contributed by atoms with Crippen LogP contribution in [0.25, 0.3) is 0 Å². The minimum absolute atomic E-state index is 0.175. The lowest BCUT2D eigenvalue weighted by Crippen LogP contribution is -2.38. The quantitative estimate of drug-likeness (QED) is 0.800. The zero-order chi connectivity index (χ0) is 16.4. The third-order valence-electron chi connectivity index (χ3n) is 3.01. The standard InChI is InChI=1S/C14H23N5O2/c1-8(6-10(16)13(20)21-14(2,3)4)11-9(7-15)12(17)19(5)18-11/h8,10H,6,16-17H2,1-5H3/t8?,10-/m0/s1. The van der Waals surface area contributed by atoms with Gasteiger partial charge in [0.2, 0.25) is 0 Å². The summed E-state index contributed by atoms with van der Waals surface area (Å²) in [6.45, 7) is 7.21. The molecule has 1 rings (SSSR count). The normalized spacial score (nSPS) is 14.3. The van der Waals surface area contributed by atoms with Gasteiger partial charge in [-0.05, 0) is 27.2 Å². The SMILES string of the molecule is CC(C[C@H](N)C(=O)OC(C)(C)C)c1nn(C)c(N)c1C#N. The maximum atomic E-state index is 11.9. The summed E-state index contributed by atoms with van der Waals surface area (Å²) in [6.07, 6.45) is 0.333. The Kier molecular flexibility index (Phi) is 4.97. The van der Waals surface area contributed by atoms with Crippen molar-refractivity contribution in [3.05, 3.63) is 11.3 Å². The number of carbonyl (C=O) groups excluding carboxylic acids is 1. The minimum Gasteiger partial charge on any atom is -0.459 e. The summed E-state index contributed by atoms with van der Waals surface area (Å²) in [6, 6.07) is 1.27. The number of aryl methyl sites for hydroxylation is 1. The van der Waals surface area contributed by atoms with Crippen LogP contribution in [0.1, 0.15) is 51.3 Å². The molecule has 2 atom stereocenters. The number of nitrogens with two attached hydrogens (primary N) is 2. The molecule has 0 aliphatic heterocycles. The second kappa shape index (κ2) is 6.14. The number of hydrogen-bond donors (Lipinski definition) is 2. The first-order valence-electron chi connectivity index (χ1n) is 6.77.